The van der Waals surface area contributed by atoms with Gasteiger partial charge in [0.05, 0.1) is 44.2 Å². The highest BCUT2D eigenvalue weighted by Gasteiger charge is 2.44. The first kappa shape index (κ1) is 105. The highest BCUT2D eigenvalue weighted by Crippen LogP contribution is 2.30. The van der Waals surface area contributed by atoms with Crippen LogP contribution in [0.15, 0.2) is 134 Å². The van der Waals surface area contributed by atoms with Crippen LogP contribution in [-0.2, 0) is 109 Å². The van der Waals surface area contributed by atoms with Gasteiger partial charge in [-0.1, -0.05) is 131 Å². The number of hydrogen-bond donors (Lipinski definition) is 17. The van der Waals surface area contributed by atoms with E-state index in [9.17, 15) is 38.7 Å². The number of Topliss-reactive ketones (excluding diaryl/α,β-unsaturated/α-hetero) is 2. The Hall–Kier alpha value is -13.4. The Balaban J connectivity index is 1.10. The van der Waals surface area contributed by atoms with Gasteiger partial charge in [-0.2, -0.15) is 0 Å². The number of aliphatic hydroxyl groups excluding tert-OH is 1. The lowest BCUT2D eigenvalue weighted by atomic mass is 9.89. The minimum absolute atomic E-state index is 0.00130. The number of carbonyl (C=O) groups excluding carboxylic acids is 16. The Labute approximate surface area is 788 Å². The molecular weight excluding hydrogens is 1750 g/mol. The summed E-state index contributed by atoms with van der Waals surface area (Å²) in [6.07, 6.45) is 5.54. The van der Waals surface area contributed by atoms with E-state index < -0.39 is 235 Å². The lowest BCUT2D eigenvalue weighted by Crippen LogP contribution is -2.60. The number of nitrogens with one attached hydrogen (secondary N) is 13. The Morgan fingerprint density at radius 1 is 0.570 bits per heavy atom. The zero-order valence-electron chi connectivity index (χ0n) is 77.9. The molecule has 2 aliphatic heterocycles. The number of nitrogens with two attached hydrogens (primary N) is 3. The van der Waals surface area contributed by atoms with E-state index >= 15 is 43.2 Å². The van der Waals surface area contributed by atoms with Crippen molar-refractivity contribution in [1.82, 2.24) is 92.3 Å². The van der Waals surface area contributed by atoms with Gasteiger partial charge in [-0.05, 0) is 106 Å². The normalized spacial score (nSPS) is 23.9. The molecule has 40 heteroatoms. The molecule has 0 saturated carbocycles. The molecule has 9 rings (SSSR count). The topological polar surface area (TPSA) is 580 Å². The summed E-state index contributed by atoms with van der Waals surface area (Å²) in [5.74, 6) is -17.0. The van der Waals surface area contributed by atoms with Crippen LogP contribution in [0.1, 0.15) is 133 Å². The molecule has 20 N–H and O–H groups in total. The number of benzene rings is 4. The summed E-state index contributed by atoms with van der Waals surface area (Å²) < 4.78 is 0. The van der Waals surface area contributed by atoms with Crippen LogP contribution in [0.2, 0.25) is 0 Å². The van der Waals surface area contributed by atoms with E-state index in [4.69, 9.17) is 22.6 Å². The SMILES string of the molecule is CCCC[C@H]1C(=O)N(C)[C@@H](Cc2ccccc2)C(=O)N[C@@H](CCCNC(=N)N)C(=O)N[C@H](C(=O)NCC(N)=O)CSCC(=O)N[C@@H](Cc2ccccc2)C(=O)N(C)[C@@H](C)C(=O)N[C@@H](CC(N)=O)C(=O)N2CCC[C@H]2C(C)N[C@@H](Cc2cnc[nH]2)C(=O)N[C@@H](CC(C)C)C(=O)N(C)CC(=O)C[C@@H](Cc2c[nH]c3ccccc23)C(=O)N[C@@H](CO)C(=O)C[C@@H](Cc2c[nH]c3ccccc23)C(=O)N1C. The molecule has 1 unspecified atom stereocenters. The number of unbranched alkanes of at least 4 members (excludes halogenated alkanes) is 1. The molecule has 5 heterocycles. The number of likely N-dealkylation sites (N-methyl/N-ethyl adjacent to an activating group) is 4. The Bertz CT molecular complexity index is 5290. The first-order valence-corrected chi connectivity index (χ1v) is 46.8. The first-order chi connectivity index (χ1) is 64.4. The average molecular weight is 1880 g/mol. The zero-order valence-corrected chi connectivity index (χ0v) is 78.7. The third-order valence-electron chi connectivity index (χ3n) is 24.6. The van der Waals surface area contributed by atoms with Crippen LogP contribution in [0.5, 0.6) is 0 Å². The second kappa shape index (κ2) is 51.2. The van der Waals surface area contributed by atoms with E-state index in [1.807, 2.05) is 57.2 Å². The maximum Gasteiger partial charge on any atom is 0.245 e. The molecule has 0 radical (unpaired) electrons. The van der Waals surface area contributed by atoms with Gasteiger partial charge in [0.1, 0.15) is 54.4 Å². The van der Waals surface area contributed by atoms with Crippen molar-refractivity contribution < 1.29 is 81.8 Å². The average Bonchev–Trinajstić information content (AvgIpc) is 1.79. The predicted molar refractivity (Wildman–Crippen MR) is 507 cm³/mol. The number of nitrogens with zero attached hydrogens (tertiary/aromatic N) is 6. The summed E-state index contributed by atoms with van der Waals surface area (Å²) >= 11 is 0.814. The molecule has 2 fully saturated rings. The van der Waals surface area contributed by atoms with Crippen molar-refractivity contribution in [2.45, 2.75) is 210 Å². The lowest BCUT2D eigenvalue weighted by Gasteiger charge is -2.36. The molecule has 3 aromatic heterocycles. The predicted octanol–water partition coefficient (Wildman–Crippen LogP) is 0.958. The molecule has 14 atom stereocenters. The van der Waals surface area contributed by atoms with Crippen LogP contribution in [0, 0.1) is 23.2 Å². The van der Waals surface area contributed by atoms with Gasteiger partial charge in [0, 0.05) is 149 Å². The number of amides is 14. The van der Waals surface area contributed by atoms with Crippen LogP contribution < -0.4 is 65.1 Å². The number of carbonyl (C=O) groups is 16. The first-order valence-electron chi connectivity index (χ1n) is 45.7. The molecule has 39 nitrogen and oxygen atoms in total. The molecule has 7 aromatic rings. The van der Waals surface area contributed by atoms with Gasteiger partial charge in [-0.15, -0.1) is 11.8 Å². The van der Waals surface area contributed by atoms with Gasteiger partial charge >= 0.3 is 0 Å². The number of imidazole rings is 1. The fourth-order valence-corrected chi connectivity index (χ4v) is 18.0. The summed E-state index contributed by atoms with van der Waals surface area (Å²) in [5.41, 5.74) is 21.2. The van der Waals surface area contributed by atoms with Crippen LogP contribution >= 0.6 is 11.8 Å². The Morgan fingerprint density at radius 2 is 1.16 bits per heavy atom. The van der Waals surface area contributed by atoms with Gasteiger partial charge in [0.15, 0.2) is 17.5 Å². The largest absolute Gasteiger partial charge is 0.394 e. The van der Waals surface area contributed by atoms with Gasteiger partial charge in [0.2, 0.25) is 82.7 Å². The van der Waals surface area contributed by atoms with Crippen molar-refractivity contribution in [3.05, 3.63) is 162 Å². The molecule has 4 aromatic carbocycles. The number of aromatic nitrogens is 4. The highest BCUT2D eigenvalue weighted by atomic mass is 32.2. The second-order valence-electron chi connectivity index (χ2n) is 35.3. The summed E-state index contributed by atoms with van der Waals surface area (Å²) in [4.78, 5) is 256. The number of aromatic amines is 3. The third-order valence-corrected chi connectivity index (χ3v) is 25.6. The van der Waals surface area contributed by atoms with Gasteiger partial charge in [-0.25, -0.2) is 4.98 Å². The number of fused-ring (bicyclic) bond motifs is 3. The molecule has 0 spiro atoms. The Morgan fingerprint density at radius 3 is 1.76 bits per heavy atom. The third kappa shape index (κ3) is 30.6. The second-order valence-corrected chi connectivity index (χ2v) is 36.4. The standard InChI is InChI=1S/C95H130N22O17S/c1-10-11-33-78-94(134)116(9)79(39-59-26-16-13-17-27-59)89(129)108-70(32-22-35-101-95(98)99)87(127)112-76(86(126)104-49-82(97)122)52-135-53-83(123)107-73(38-58-24-14-12-15-25-58)92(132)114(7)57(5)84(124)109-74(45-81(96)121)93(133)117-36-23-34-77(117)56(4)106-71(44-64-48-100-54-105-64)88(128)110-72(37-55(2)3)91(131)113(6)50-65(119)42-60(40-62-46-102-68-30-20-18-28-66(62)68)85(125)111-75(51-118)80(120)43-61(90(130)115(78)8)41-63-47-103-69-31-21-19-29-67(63)69/h12-21,24-31,46-48,54-57,60-61,70-79,102-103,106,118H,10-11,22-23,32-45,49-53H2,1-9H3,(H2,96,121)(H2,97,122)(H,100,105)(H,104,126)(H,107,123)(H,108,129)(H,109,124)(H,110,128)(H,111,125)(H,112,127)(H4,98,99,101)/t56?,57-,60+,61+,70-,71-,72-,73-,74-,75-,76-,77-,78-,79-/m0/s1. The van der Waals surface area contributed by atoms with E-state index in [1.165, 1.54) is 62.3 Å². The molecule has 2 aliphatic rings. The van der Waals surface area contributed by atoms with E-state index in [0.717, 1.165) is 21.6 Å². The molecule has 0 aliphatic carbocycles. The number of para-hydroxylation sites is 2. The van der Waals surface area contributed by atoms with Crippen molar-refractivity contribution in [3.8, 4) is 0 Å². The maximum atomic E-state index is 15.9. The minimum Gasteiger partial charge on any atom is -0.394 e. The van der Waals surface area contributed by atoms with E-state index in [1.54, 1.807) is 92.1 Å². The summed E-state index contributed by atoms with van der Waals surface area (Å²) in [6.45, 7) is 6.55. The fraction of sp³-hybridized carbons (Fsp3) is 0.495. The van der Waals surface area contributed by atoms with Crippen molar-refractivity contribution in [3.63, 3.8) is 0 Å². The number of H-pyrrole nitrogens is 3. The van der Waals surface area contributed by atoms with Crippen molar-refractivity contribution >= 4 is 134 Å². The fourth-order valence-electron chi connectivity index (χ4n) is 17.1. The number of primary amides is 2. The summed E-state index contributed by atoms with van der Waals surface area (Å²) in [5, 5.41) is 45.5. The summed E-state index contributed by atoms with van der Waals surface area (Å²) in [6, 6.07) is 15.8. The van der Waals surface area contributed by atoms with Crippen LogP contribution in [0.4, 0.5) is 0 Å². The van der Waals surface area contributed by atoms with Crippen LogP contribution in [0.25, 0.3) is 21.8 Å². The smallest absolute Gasteiger partial charge is 0.245 e. The van der Waals surface area contributed by atoms with Crippen molar-refractivity contribution in [2.75, 3.05) is 72.5 Å². The van der Waals surface area contributed by atoms with Gasteiger partial charge in [0.25, 0.3) is 0 Å². The lowest BCUT2D eigenvalue weighted by molar-refractivity contribution is -0.150. The van der Waals surface area contributed by atoms with Crippen molar-refractivity contribution in [2.24, 2.45) is 35.0 Å². The maximum absolute atomic E-state index is 15.9. The van der Waals surface area contributed by atoms with E-state index in [-0.39, 0.29) is 76.8 Å². The van der Waals surface area contributed by atoms with Crippen molar-refractivity contribution in [1.29, 1.82) is 5.41 Å². The molecule has 14 amide bonds. The quantitative estimate of drug-likeness (QED) is 0.0215. The number of guanidine groups is 1. The number of rotatable bonds is 25. The van der Waals surface area contributed by atoms with Gasteiger partial charge in [-0.3, -0.25) is 82.1 Å². The number of aliphatic hydroxyl groups is 1. The number of thioether (sulfide) groups is 1. The Kier molecular flexibility index (Phi) is 39.9. The van der Waals surface area contributed by atoms with E-state index in [0.29, 0.717) is 75.4 Å². The highest BCUT2D eigenvalue weighted by molar-refractivity contribution is 8.00. The zero-order chi connectivity index (χ0) is 98.3. The number of ketones is 2. The van der Waals surface area contributed by atoms with Gasteiger partial charge < -0.3 is 110 Å². The molecular formula is C95H130N22O17S. The molecule has 0 bridgehead atoms. The molecule has 135 heavy (non-hydrogen) atoms. The summed E-state index contributed by atoms with van der Waals surface area (Å²) in [7, 11) is 5.46. The van der Waals surface area contributed by atoms with Crippen LogP contribution in [0.3, 0.4) is 0 Å². The number of hydrogen-bond acceptors (Lipinski definition) is 21. The minimum atomic E-state index is -1.69. The van der Waals surface area contributed by atoms with Crippen LogP contribution in [-0.4, -0.2) is 295 Å². The monoisotopic (exact) mass is 1880 g/mol. The molecule has 2 saturated heterocycles. The van der Waals surface area contributed by atoms with E-state index in [2.05, 4.69) is 67.8 Å². The molecule has 728 valence electrons.